The van der Waals surface area contributed by atoms with E-state index in [2.05, 4.69) is 22.3 Å². The minimum atomic E-state index is 0.00787. The average Bonchev–Trinajstić information content (AvgIpc) is 3.09. The van der Waals surface area contributed by atoms with Gasteiger partial charge in [0, 0.05) is 30.9 Å². The average molecular weight is 310 g/mol. The Morgan fingerprint density at radius 2 is 1.91 bits per heavy atom. The number of ether oxygens (including phenoxy) is 1. The number of benzene rings is 2. The van der Waals surface area contributed by atoms with Gasteiger partial charge in [-0.3, -0.25) is 4.79 Å². The fourth-order valence-corrected chi connectivity index (χ4v) is 2.96. The number of hydrogen-bond acceptors (Lipinski definition) is 3. The molecule has 1 atom stereocenters. The van der Waals surface area contributed by atoms with Gasteiger partial charge in [-0.2, -0.15) is 0 Å². The number of hydrogen-bond donors (Lipinski definition) is 1. The summed E-state index contributed by atoms with van der Waals surface area (Å²) in [6, 6.07) is 17.5. The summed E-state index contributed by atoms with van der Waals surface area (Å²) in [5.41, 5.74) is 1.93. The smallest absolute Gasteiger partial charge is 0.251 e. The Kier molecular flexibility index (Phi) is 4.81. The fraction of sp³-hybridized carbons (Fsp3) is 0.316. The normalized spacial score (nSPS) is 17.1. The molecule has 1 heterocycles. The van der Waals surface area contributed by atoms with Crippen LogP contribution in [0.15, 0.2) is 54.6 Å². The second kappa shape index (κ2) is 7.18. The van der Waals surface area contributed by atoms with Crippen LogP contribution in [0, 0.1) is 5.92 Å². The molecule has 1 saturated heterocycles. The molecule has 2 aromatic carbocycles. The Morgan fingerprint density at radius 3 is 2.61 bits per heavy atom. The number of methoxy groups -OCH3 is 1. The van der Waals surface area contributed by atoms with Crippen LogP contribution in [0.25, 0.3) is 0 Å². The lowest BCUT2D eigenvalue weighted by atomic mass is 10.1. The van der Waals surface area contributed by atoms with E-state index in [-0.39, 0.29) is 5.91 Å². The third kappa shape index (κ3) is 3.83. The summed E-state index contributed by atoms with van der Waals surface area (Å²) in [6.45, 7) is 2.72. The van der Waals surface area contributed by atoms with Crippen molar-refractivity contribution >= 4 is 11.6 Å². The molecule has 4 nitrogen and oxygen atoms in total. The van der Waals surface area contributed by atoms with E-state index in [1.807, 2.05) is 42.5 Å². The molecule has 4 heteroatoms. The Hall–Kier alpha value is -2.49. The van der Waals surface area contributed by atoms with Crippen LogP contribution in [0.2, 0.25) is 0 Å². The molecule has 0 radical (unpaired) electrons. The van der Waals surface area contributed by atoms with Crippen molar-refractivity contribution in [2.45, 2.75) is 6.42 Å². The molecule has 0 bridgehead atoms. The molecule has 0 aromatic heterocycles. The van der Waals surface area contributed by atoms with Gasteiger partial charge in [0.1, 0.15) is 5.75 Å². The highest BCUT2D eigenvalue weighted by Gasteiger charge is 2.23. The Morgan fingerprint density at radius 1 is 1.17 bits per heavy atom. The molecule has 1 amide bonds. The molecule has 0 spiro atoms. The topological polar surface area (TPSA) is 41.6 Å². The summed E-state index contributed by atoms with van der Waals surface area (Å²) in [6.07, 6.45) is 1.10. The molecule has 1 unspecified atom stereocenters. The quantitative estimate of drug-likeness (QED) is 0.923. The van der Waals surface area contributed by atoms with Crippen LogP contribution in [0.1, 0.15) is 16.8 Å². The Bertz CT molecular complexity index is 640. The van der Waals surface area contributed by atoms with E-state index >= 15 is 0 Å². The summed E-state index contributed by atoms with van der Waals surface area (Å²) >= 11 is 0. The molecular weight excluding hydrogens is 288 g/mol. The molecule has 1 aliphatic heterocycles. The van der Waals surface area contributed by atoms with E-state index in [9.17, 15) is 4.79 Å². The molecule has 3 rings (SSSR count). The van der Waals surface area contributed by atoms with Crippen molar-refractivity contribution in [3.8, 4) is 5.75 Å². The maximum atomic E-state index is 12.1. The molecule has 1 fully saturated rings. The van der Waals surface area contributed by atoms with E-state index in [0.717, 1.165) is 37.4 Å². The Labute approximate surface area is 137 Å². The van der Waals surface area contributed by atoms with Gasteiger partial charge in [-0.05, 0) is 48.7 Å². The van der Waals surface area contributed by atoms with Crippen molar-refractivity contribution in [3.05, 3.63) is 60.2 Å². The highest BCUT2D eigenvalue weighted by Crippen LogP contribution is 2.25. The maximum Gasteiger partial charge on any atom is 0.251 e. The summed E-state index contributed by atoms with van der Waals surface area (Å²) < 4.78 is 5.19. The monoisotopic (exact) mass is 310 g/mol. The fourth-order valence-electron chi connectivity index (χ4n) is 2.96. The zero-order valence-corrected chi connectivity index (χ0v) is 13.4. The van der Waals surface area contributed by atoms with Gasteiger partial charge in [0.15, 0.2) is 0 Å². The van der Waals surface area contributed by atoms with Gasteiger partial charge in [-0.25, -0.2) is 0 Å². The molecule has 120 valence electrons. The van der Waals surface area contributed by atoms with Crippen LogP contribution in [0.3, 0.4) is 0 Å². The Balaban J connectivity index is 1.50. The van der Waals surface area contributed by atoms with Crippen LogP contribution in [0.4, 0.5) is 5.69 Å². The van der Waals surface area contributed by atoms with Gasteiger partial charge in [0.05, 0.1) is 7.11 Å². The third-order valence-corrected chi connectivity index (χ3v) is 4.31. The van der Waals surface area contributed by atoms with Crippen molar-refractivity contribution in [3.63, 3.8) is 0 Å². The highest BCUT2D eigenvalue weighted by molar-refractivity contribution is 5.94. The van der Waals surface area contributed by atoms with Crippen LogP contribution >= 0.6 is 0 Å². The standard InChI is InChI=1S/C19H22N2O2/c1-23-18-9-7-17(8-10-18)21-12-11-15(14-21)13-20-19(22)16-5-3-2-4-6-16/h2-10,15H,11-14H2,1H3,(H,20,22). The molecule has 1 aliphatic rings. The minimum Gasteiger partial charge on any atom is -0.497 e. The van der Waals surface area contributed by atoms with Gasteiger partial charge in [0.25, 0.3) is 5.91 Å². The van der Waals surface area contributed by atoms with E-state index < -0.39 is 0 Å². The molecule has 0 saturated carbocycles. The first-order chi connectivity index (χ1) is 11.3. The van der Waals surface area contributed by atoms with E-state index in [1.165, 1.54) is 5.69 Å². The zero-order chi connectivity index (χ0) is 16.1. The number of anilines is 1. The predicted octanol–water partition coefficient (Wildman–Crippen LogP) is 2.95. The largest absolute Gasteiger partial charge is 0.497 e. The summed E-state index contributed by atoms with van der Waals surface area (Å²) in [7, 11) is 1.68. The van der Waals surface area contributed by atoms with E-state index in [0.29, 0.717) is 5.92 Å². The van der Waals surface area contributed by atoms with E-state index in [1.54, 1.807) is 7.11 Å². The van der Waals surface area contributed by atoms with Crippen LogP contribution < -0.4 is 15.0 Å². The first kappa shape index (κ1) is 15.4. The highest BCUT2D eigenvalue weighted by atomic mass is 16.5. The van der Waals surface area contributed by atoms with Crippen LogP contribution in [-0.4, -0.2) is 32.7 Å². The zero-order valence-electron chi connectivity index (χ0n) is 13.4. The molecule has 1 N–H and O–H groups in total. The number of rotatable bonds is 5. The van der Waals surface area contributed by atoms with Crippen LogP contribution in [0.5, 0.6) is 5.75 Å². The van der Waals surface area contributed by atoms with Crippen molar-refractivity contribution in [1.82, 2.24) is 5.32 Å². The number of amides is 1. The molecule has 23 heavy (non-hydrogen) atoms. The second-order valence-corrected chi connectivity index (χ2v) is 5.87. The van der Waals surface area contributed by atoms with Gasteiger partial charge >= 0.3 is 0 Å². The lowest BCUT2D eigenvalue weighted by molar-refractivity contribution is 0.0948. The lowest BCUT2D eigenvalue weighted by Crippen LogP contribution is -2.30. The SMILES string of the molecule is COc1ccc(N2CCC(CNC(=O)c3ccccc3)C2)cc1. The van der Waals surface area contributed by atoms with Gasteiger partial charge in [0.2, 0.25) is 0 Å². The number of nitrogens with zero attached hydrogens (tertiary/aromatic N) is 1. The summed E-state index contributed by atoms with van der Waals surface area (Å²) in [5, 5.41) is 3.05. The van der Waals surface area contributed by atoms with Crippen molar-refractivity contribution in [2.75, 3.05) is 31.6 Å². The van der Waals surface area contributed by atoms with E-state index in [4.69, 9.17) is 4.74 Å². The first-order valence-corrected chi connectivity index (χ1v) is 7.98. The summed E-state index contributed by atoms with van der Waals surface area (Å²) in [4.78, 5) is 14.4. The number of nitrogens with one attached hydrogen (secondary N) is 1. The number of carbonyl (C=O) groups is 1. The minimum absolute atomic E-state index is 0.00787. The summed E-state index contributed by atoms with van der Waals surface area (Å²) in [5.74, 6) is 1.37. The first-order valence-electron chi connectivity index (χ1n) is 7.98. The molecule has 0 aliphatic carbocycles. The second-order valence-electron chi connectivity index (χ2n) is 5.87. The van der Waals surface area contributed by atoms with Crippen molar-refractivity contribution in [2.24, 2.45) is 5.92 Å². The molecule has 2 aromatic rings. The van der Waals surface area contributed by atoms with Crippen molar-refractivity contribution < 1.29 is 9.53 Å². The lowest BCUT2D eigenvalue weighted by Gasteiger charge is -2.19. The number of carbonyl (C=O) groups excluding carboxylic acids is 1. The van der Waals surface area contributed by atoms with Gasteiger partial charge in [-0.1, -0.05) is 18.2 Å². The van der Waals surface area contributed by atoms with Crippen molar-refractivity contribution in [1.29, 1.82) is 0 Å². The molecular formula is C19H22N2O2. The van der Waals surface area contributed by atoms with Gasteiger partial charge in [-0.15, -0.1) is 0 Å². The third-order valence-electron chi connectivity index (χ3n) is 4.31. The predicted molar refractivity (Wildman–Crippen MR) is 92.1 cm³/mol. The van der Waals surface area contributed by atoms with Crippen LogP contribution in [-0.2, 0) is 0 Å². The van der Waals surface area contributed by atoms with Gasteiger partial charge < -0.3 is 15.0 Å². The maximum absolute atomic E-state index is 12.1.